The molecule has 0 bridgehead atoms. The fourth-order valence-electron chi connectivity index (χ4n) is 2.82. The van der Waals surface area contributed by atoms with Crippen molar-refractivity contribution in [3.05, 3.63) is 29.3 Å². The highest BCUT2D eigenvalue weighted by Gasteiger charge is 2.33. The van der Waals surface area contributed by atoms with Crippen LogP contribution in [0.4, 0.5) is 10.5 Å². The van der Waals surface area contributed by atoms with Gasteiger partial charge in [0, 0.05) is 5.69 Å². The molecule has 0 aromatic heterocycles. The lowest BCUT2D eigenvalue weighted by molar-refractivity contribution is 0.144. The topological polar surface area (TPSA) is 55.6 Å². The molecule has 1 aromatic carbocycles. The number of amides is 1. The highest BCUT2D eigenvalue weighted by atomic mass is 16.6. The minimum absolute atomic E-state index is 0.175. The van der Waals surface area contributed by atoms with Gasteiger partial charge in [0.1, 0.15) is 6.61 Å². The first kappa shape index (κ1) is 10.4. The molecule has 4 nitrogen and oxygen atoms in total. The van der Waals surface area contributed by atoms with E-state index >= 15 is 0 Å². The summed E-state index contributed by atoms with van der Waals surface area (Å²) in [6.45, 7) is 1.22. The zero-order chi connectivity index (χ0) is 11.8. The number of rotatable bonds is 1. The molecule has 1 aromatic rings. The van der Waals surface area contributed by atoms with Crippen molar-refractivity contribution in [1.82, 2.24) is 4.90 Å². The number of hydrogen-bond acceptors (Lipinski definition) is 3. The van der Waals surface area contributed by atoms with E-state index in [0.29, 0.717) is 13.2 Å². The van der Waals surface area contributed by atoms with Crippen molar-refractivity contribution in [3.63, 3.8) is 0 Å². The van der Waals surface area contributed by atoms with Gasteiger partial charge in [0.05, 0.1) is 12.6 Å². The number of carbonyl (C=O) groups excluding carboxylic acids is 1. The van der Waals surface area contributed by atoms with E-state index < -0.39 is 0 Å². The van der Waals surface area contributed by atoms with E-state index in [0.717, 1.165) is 24.9 Å². The highest BCUT2D eigenvalue weighted by Crippen LogP contribution is 2.36. The number of anilines is 1. The number of benzene rings is 1. The number of ether oxygens (including phenoxy) is 1. The van der Waals surface area contributed by atoms with Crippen LogP contribution in [0.15, 0.2) is 18.2 Å². The maximum Gasteiger partial charge on any atom is 0.410 e. The molecule has 1 unspecified atom stereocenters. The Hall–Kier alpha value is -1.71. The first-order valence-corrected chi connectivity index (χ1v) is 6.07. The van der Waals surface area contributed by atoms with Crippen molar-refractivity contribution in [2.45, 2.75) is 25.3 Å². The molecule has 1 atom stereocenters. The summed E-state index contributed by atoms with van der Waals surface area (Å²) in [6, 6.07) is 6.18. The van der Waals surface area contributed by atoms with Gasteiger partial charge in [0.25, 0.3) is 0 Å². The normalized spacial score (nSPS) is 23.4. The first-order valence-electron chi connectivity index (χ1n) is 6.07. The Balaban J connectivity index is 1.96. The zero-order valence-corrected chi connectivity index (χ0v) is 9.69. The molecular weight excluding hydrogens is 216 g/mol. The predicted molar refractivity (Wildman–Crippen MR) is 64.6 cm³/mol. The Morgan fingerprint density at radius 1 is 1.41 bits per heavy atom. The van der Waals surface area contributed by atoms with Crippen molar-refractivity contribution in [2.75, 3.05) is 18.9 Å². The Bertz CT molecular complexity index is 459. The molecule has 0 saturated carbocycles. The molecule has 1 fully saturated rings. The van der Waals surface area contributed by atoms with E-state index in [1.165, 1.54) is 11.1 Å². The van der Waals surface area contributed by atoms with Gasteiger partial charge < -0.3 is 10.5 Å². The molecule has 1 saturated heterocycles. The molecule has 90 valence electrons. The maximum absolute atomic E-state index is 11.6. The van der Waals surface area contributed by atoms with Crippen LogP contribution in [0.25, 0.3) is 0 Å². The third-order valence-corrected chi connectivity index (χ3v) is 3.62. The van der Waals surface area contributed by atoms with Crippen LogP contribution in [0.2, 0.25) is 0 Å². The molecule has 1 heterocycles. The maximum atomic E-state index is 11.6. The van der Waals surface area contributed by atoms with Crippen LogP contribution in [-0.4, -0.2) is 24.1 Å². The number of nitrogens with two attached hydrogens (primary N) is 1. The SMILES string of the molecule is Nc1ccc2c(c1)CCCC2N1CCOC1=O. The summed E-state index contributed by atoms with van der Waals surface area (Å²) in [5, 5.41) is 0. The average Bonchev–Trinajstić information content (AvgIpc) is 2.74. The second-order valence-electron chi connectivity index (χ2n) is 4.67. The number of carbonyl (C=O) groups is 1. The molecule has 4 heteroatoms. The minimum Gasteiger partial charge on any atom is -0.448 e. The summed E-state index contributed by atoms with van der Waals surface area (Å²) >= 11 is 0. The van der Waals surface area contributed by atoms with Gasteiger partial charge in [-0.25, -0.2) is 4.79 Å². The van der Waals surface area contributed by atoms with Gasteiger partial charge in [-0.15, -0.1) is 0 Å². The predicted octanol–water partition coefficient (Wildman–Crippen LogP) is 2.10. The van der Waals surface area contributed by atoms with E-state index in [1.807, 2.05) is 17.0 Å². The monoisotopic (exact) mass is 232 g/mol. The number of hydrogen-bond donors (Lipinski definition) is 1. The molecule has 1 amide bonds. The second kappa shape index (κ2) is 3.95. The largest absolute Gasteiger partial charge is 0.448 e. The van der Waals surface area contributed by atoms with Gasteiger partial charge in [-0.3, -0.25) is 4.90 Å². The number of nitrogen functional groups attached to an aromatic ring is 1. The molecule has 0 radical (unpaired) electrons. The summed E-state index contributed by atoms with van der Waals surface area (Å²) in [6.07, 6.45) is 3.00. The van der Waals surface area contributed by atoms with Crippen molar-refractivity contribution in [1.29, 1.82) is 0 Å². The molecule has 1 aliphatic heterocycles. The van der Waals surface area contributed by atoms with Crippen LogP contribution >= 0.6 is 0 Å². The van der Waals surface area contributed by atoms with Crippen LogP contribution in [0.5, 0.6) is 0 Å². The van der Waals surface area contributed by atoms with Crippen molar-refractivity contribution < 1.29 is 9.53 Å². The Kier molecular flexibility index (Phi) is 2.42. The van der Waals surface area contributed by atoms with Gasteiger partial charge in [0.15, 0.2) is 0 Å². The quantitative estimate of drug-likeness (QED) is 0.754. The summed E-state index contributed by atoms with van der Waals surface area (Å²) in [7, 11) is 0. The third kappa shape index (κ3) is 1.73. The summed E-state index contributed by atoms with van der Waals surface area (Å²) in [4.78, 5) is 13.5. The van der Waals surface area contributed by atoms with E-state index in [4.69, 9.17) is 10.5 Å². The van der Waals surface area contributed by atoms with E-state index in [2.05, 4.69) is 6.07 Å². The third-order valence-electron chi connectivity index (χ3n) is 3.62. The highest BCUT2D eigenvalue weighted by molar-refractivity contribution is 5.70. The number of fused-ring (bicyclic) bond motifs is 1. The number of cyclic esters (lactones) is 1. The van der Waals surface area contributed by atoms with E-state index in [-0.39, 0.29) is 12.1 Å². The van der Waals surface area contributed by atoms with Crippen LogP contribution in [0, 0.1) is 0 Å². The Morgan fingerprint density at radius 3 is 3.06 bits per heavy atom. The number of nitrogens with zero attached hydrogens (tertiary/aromatic N) is 1. The Morgan fingerprint density at radius 2 is 2.29 bits per heavy atom. The first-order chi connectivity index (χ1) is 8.25. The number of aryl methyl sites for hydroxylation is 1. The van der Waals surface area contributed by atoms with Crippen LogP contribution in [0.1, 0.15) is 30.0 Å². The average molecular weight is 232 g/mol. The second-order valence-corrected chi connectivity index (χ2v) is 4.67. The van der Waals surface area contributed by atoms with Crippen molar-refractivity contribution in [3.8, 4) is 0 Å². The summed E-state index contributed by atoms with van der Waals surface area (Å²) < 4.78 is 5.02. The van der Waals surface area contributed by atoms with E-state index in [9.17, 15) is 4.79 Å². The van der Waals surface area contributed by atoms with Crippen molar-refractivity contribution in [2.24, 2.45) is 0 Å². The van der Waals surface area contributed by atoms with Gasteiger partial charge >= 0.3 is 6.09 Å². The summed E-state index contributed by atoms with van der Waals surface area (Å²) in [5.41, 5.74) is 9.12. The van der Waals surface area contributed by atoms with Gasteiger partial charge in [-0.1, -0.05) is 6.07 Å². The lowest BCUT2D eigenvalue weighted by atomic mass is 9.86. The molecule has 3 rings (SSSR count). The minimum atomic E-state index is -0.181. The molecule has 0 spiro atoms. The zero-order valence-electron chi connectivity index (χ0n) is 9.69. The Labute approximate surface area is 100 Å². The van der Waals surface area contributed by atoms with Crippen LogP contribution in [-0.2, 0) is 11.2 Å². The standard InChI is InChI=1S/C13H16N2O2/c14-10-4-5-11-9(8-10)2-1-3-12(11)15-6-7-17-13(15)16/h4-5,8,12H,1-3,6-7,14H2. The van der Waals surface area contributed by atoms with Crippen LogP contribution in [0.3, 0.4) is 0 Å². The lowest BCUT2D eigenvalue weighted by Gasteiger charge is -2.31. The lowest BCUT2D eigenvalue weighted by Crippen LogP contribution is -2.32. The van der Waals surface area contributed by atoms with E-state index in [1.54, 1.807) is 0 Å². The van der Waals surface area contributed by atoms with Crippen LogP contribution < -0.4 is 5.73 Å². The molecule has 17 heavy (non-hydrogen) atoms. The summed E-state index contributed by atoms with van der Waals surface area (Å²) in [5.74, 6) is 0. The van der Waals surface area contributed by atoms with Gasteiger partial charge in [-0.05, 0) is 42.5 Å². The van der Waals surface area contributed by atoms with Gasteiger partial charge in [0.2, 0.25) is 0 Å². The fraction of sp³-hybridized carbons (Fsp3) is 0.462. The molecule has 2 aliphatic rings. The molecular formula is C13H16N2O2. The van der Waals surface area contributed by atoms with Crippen molar-refractivity contribution >= 4 is 11.8 Å². The fourth-order valence-corrected chi connectivity index (χ4v) is 2.82. The molecule has 1 aliphatic carbocycles. The smallest absolute Gasteiger partial charge is 0.410 e. The molecule has 2 N–H and O–H groups in total. The van der Waals surface area contributed by atoms with Gasteiger partial charge in [-0.2, -0.15) is 0 Å².